The Kier molecular flexibility index (Phi) is 4.09. The maximum Gasteiger partial charge on any atom is 0.254 e. The van der Waals surface area contributed by atoms with Crippen molar-refractivity contribution in [3.05, 3.63) is 28.5 Å². The second-order valence-corrected chi connectivity index (χ2v) is 4.54. The van der Waals surface area contributed by atoms with E-state index in [-0.39, 0.29) is 5.91 Å². The first kappa shape index (κ1) is 12.5. The lowest BCUT2D eigenvalue weighted by Gasteiger charge is -2.22. The van der Waals surface area contributed by atoms with Crippen LogP contribution in [0.2, 0.25) is 0 Å². The summed E-state index contributed by atoms with van der Waals surface area (Å²) in [6, 6.07) is 4.44. The maximum atomic E-state index is 13.2. The van der Waals surface area contributed by atoms with Gasteiger partial charge in [0.2, 0.25) is 0 Å². The van der Waals surface area contributed by atoms with Gasteiger partial charge in [0.1, 0.15) is 11.9 Å². The first-order valence-electron chi connectivity index (χ1n) is 5.25. The SMILES string of the molecule is O=C(Nc1ccc(Br)c(F)c1)C1CNCCO1. The molecule has 6 heteroatoms. The lowest BCUT2D eigenvalue weighted by molar-refractivity contribution is -0.128. The van der Waals surface area contributed by atoms with Crippen LogP contribution in [0, 0.1) is 5.82 Å². The first-order valence-corrected chi connectivity index (χ1v) is 6.04. The quantitative estimate of drug-likeness (QED) is 0.871. The number of benzene rings is 1. The number of halogens is 2. The van der Waals surface area contributed by atoms with Crippen molar-refractivity contribution in [1.82, 2.24) is 5.32 Å². The summed E-state index contributed by atoms with van der Waals surface area (Å²) in [6.07, 6.45) is -0.518. The number of nitrogens with one attached hydrogen (secondary N) is 2. The van der Waals surface area contributed by atoms with Gasteiger partial charge in [0.05, 0.1) is 11.1 Å². The number of carbonyl (C=O) groups is 1. The number of hydrogen-bond donors (Lipinski definition) is 2. The topological polar surface area (TPSA) is 50.4 Å². The lowest BCUT2D eigenvalue weighted by atomic mass is 10.2. The minimum Gasteiger partial charge on any atom is -0.366 e. The molecule has 2 rings (SSSR count). The van der Waals surface area contributed by atoms with Gasteiger partial charge >= 0.3 is 0 Å². The molecular formula is C11H12BrFN2O2. The third-order valence-corrected chi connectivity index (χ3v) is 3.05. The van der Waals surface area contributed by atoms with Crippen LogP contribution in [0.1, 0.15) is 0 Å². The maximum absolute atomic E-state index is 13.2. The van der Waals surface area contributed by atoms with Gasteiger partial charge in [-0.2, -0.15) is 0 Å². The van der Waals surface area contributed by atoms with E-state index in [4.69, 9.17) is 4.74 Å². The Hall–Kier alpha value is -0.980. The van der Waals surface area contributed by atoms with Crippen LogP contribution in [0.25, 0.3) is 0 Å². The van der Waals surface area contributed by atoms with Gasteiger partial charge in [-0.3, -0.25) is 4.79 Å². The highest BCUT2D eigenvalue weighted by molar-refractivity contribution is 9.10. The van der Waals surface area contributed by atoms with E-state index in [2.05, 4.69) is 26.6 Å². The summed E-state index contributed by atoms with van der Waals surface area (Å²) in [5.41, 5.74) is 0.421. The Morgan fingerprint density at radius 3 is 3.06 bits per heavy atom. The van der Waals surface area contributed by atoms with Gasteiger partial charge in [0.25, 0.3) is 5.91 Å². The van der Waals surface area contributed by atoms with Crippen molar-refractivity contribution in [3.8, 4) is 0 Å². The van der Waals surface area contributed by atoms with Crippen molar-refractivity contribution in [3.63, 3.8) is 0 Å². The Labute approximate surface area is 107 Å². The third kappa shape index (κ3) is 3.24. The van der Waals surface area contributed by atoms with Crippen molar-refractivity contribution < 1.29 is 13.9 Å². The molecule has 92 valence electrons. The first-order chi connectivity index (χ1) is 8.16. The van der Waals surface area contributed by atoms with Gasteiger partial charge in [-0.05, 0) is 34.1 Å². The van der Waals surface area contributed by atoms with E-state index in [1.807, 2.05) is 0 Å². The van der Waals surface area contributed by atoms with Gasteiger partial charge in [0, 0.05) is 18.8 Å². The molecule has 4 nitrogen and oxygen atoms in total. The predicted octanol–water partition coefficient (Wildman–Crippen LogP) is 1.52. The predicted molar refractivity (Wildman–Crippen MR) is 65.3 cm³/mol. The Morgan fingerprint density at radius 2 is 2.41 bits per heavy atom. The summed E-state index contributed by atoms with van der Waals surface area (Å²) in [7, 11) is 0. The molecule has 0 saturated carbocycles. The normalized spacial score (nSPS) is 20.0. The lowest BCUT2D eigenvalue weighted by Crippen LogP contribution is -2.45. The summed E-state index contributed by atoms with van der Waals surface area (Å²) in [5.74, 6) is -0.676. The molecule has 1 atom stereocenters. The number of anilines is 1. The monoisotopic (exact) mass is 302 g/mol. The zero-order valence-electron chi connectivity index (χ0n) is 9.00. The molecule has 0 spiro atoms. The molecule has 1 heterocycles. The minimum absolute atomic E-state index is 0.265. The van der Waals surface area contributed by atoms with Gasteiger partial charge < -0.3 is 15.4 Å². The highest BCUT2D eigenvalue weighted by Crippen LogP contribution is 2.19. The molecular weight excluding hydrogens is 291 g/mol. The smallest absolute Gasteiger partial charge is 0.254 e. The second kappa shape index (κ2) is 5.57. The van der Waals surface area contributed by atoms with Gasteiger partial charge in [-0.1, -0.05) is 0 Å². The number of hydrogen-bond acceptors (Lipinski definition) is 3. The highest BCUT2D eigenvalue weighted by atomic mass is 79.9. The highest BCUT2D eigenvalue weighted by Gasteiger charge is 2.21. The van der Waals surface area contributed by atoms with E-state index in [1.54, 1.807) is 12.1 Å². The summed E-state index contributed by atoms with van der Waals surface area (Å²) in [5, 5.41) is 5.67. The molecule has 0 bridgehead atoms. The minimum atomic E-state index is -0.518. The Bertz CT molecular complexity index is 422. The van der Waals surface area contributed by atoms with Crippen LogP contribution in [0.15, 0.2) is 22.7 Å². The standard InChI is InChI=1S/C11H12BrFN2O2/c12-8-2-1-7(5-9(8)13)15-11(16)10-6-14-3-4-17-10/h1-2,5,10,14H,3-4,6H2,(H,15,16). The van der Waals surface area contributed by atoms with Crippen molar-refractivity contribution >= 4 is 27.5 Å². The molecule has 0 radical (unpaired) electrons. The van der Waals surface area contributed by atoms with E-state index in [9.17, 15) is 9.18 Å². The van der Waals surface area contributed by atoms with Crippen LogP contribution in [0.3, 0.4) is 0 Å². The number of carbonyl (C=O) groups excluding carboxylic acids is 1. The van der Waals surface area contributed by atoms with Crippen molar-refractivity contribution in [2.45, 2.75) is 6.10 Å². The molecule has 17 heavy (non-hydrogen) atoms. The van der Waals surface area contributed by atoms with Gasteiger partial charge in [0.15, 0.2) is 0 Å². The molecule has 2 N–H and O–H groups in total. The average molecular weight is 303 g/mol. The number of ether oxygens (including phenoxy) is 1. The van der Waals surface area contributed by atoms with E-state index < -0.39 is 11.9 Å². The summed E-state index contributed by atoms with van der Waals surface area (Å²) < 4.78 is 18.9. The Balaban J connectivity index is 1.99. The van der Waals surface area contributed by atoms with Crippen LogP contribution in [0.4, 0.5) is 10.1 Å². The van der Waals surface area contributed by atoms with Crippen molar-refractivity contribution in [2.75, 3.05) is 25.0 Å². The van der Waals surface area contributed by atoms with Gasteiger partial charge in [-0.25, -0.2) is 4.39 Å². The molecule has 1 unspecified atom stereocenters. The average Bonchev–Trinajstić information content (AvgIpc) is 2.35. The summed E-state index contributed by atoms with van der Waals surface area (Å²) in [4.78, 5) is 11.8. The van der Waals surface area contributed by atoms with E-state index in [1.165, 1.54) is 6.07 Å². The van der Waals surface area contributed by atoms with Crippen molar-refractivity contribution in [2.24, 2.45) is 0 Å². The van der Waals surface area contributed by atoms with E-state index in [0.29, 0.717) is 23.3 Å². The molecule has 1 aliphatic heterocycles. The molecule has 1 aromatic rings. The zero-order chi connectivity index (χ0) is 12.3. The molecule has 0 aromatic heterocycles. The second-order valence-electron chi connectivity index (χ2n) is 3.68. The van der Waals surface area contributed by atoms with Crippen LogP contribution in [0.5, 0.6) is 0 Å². The molecule has 1 amide bonds. The number of amides is 1. The molecule has 0 aliphatic carbocycles. The van der Waals surface area contributed by atoms with Crippen LogP contribution >= 0.6 is 15.9 Å². The largest absolute Gasteiger partial charge is 0.366 e. The summed E-state index contributed by atoms with van der Waals surface area (Å²) >= 11 is 3.05. The van der Waals surface area contributed by atoms with Crippen molar-refractivity contribution in [1.29, 1.82) is 0 Å². The fourth-order valence-electron chi connectivity index (χ4n) is 1.53. The molecule has 1 aliphatic rings. The molecule has 1 aromatic carbocycles. The van der Waals surface area contributed by atoms with E-state index >= 15 is 0 Å². The molecule has 1 fully saturated rings. The Morgan fingerprint density at radius 1 is 1.59 bits per heavy atom. The number of rotatable bonds is 2. The van der Waals surface area contributed by atoms with Crippen LogP contribution in [-0.2, 0) is 9.53 Å². The fraction of sp³-hybridized carbons (Fsp3) is 0.364. The summed E-state index contributed by atoms with van der Waals surface area (Å²) in [6.45, 7) is 1.73. The van der Waals surface area contributed by atoms with Gasteiger partial charge in [-0.15, -0.1) is 0 Å². The van der Waals surface area contributed by atoms with Crippen LogP contribution < -0.4 is 10.6 Å². The van der Waals surface area contributed by atoms with E-state index in [0.717, 1.165) is 6.54 Å². The zero-order valence-corrected chi connectivity index (χ0v) is 10.6. The van der Waals surface area contributed by atoms with Crippen LogP contribution in [-0.4, -0.2) is 31.7 Å². The fourth-order valence-corrected chi connectivity index (χ4v) is 1.78. The molecule has 1 saturated heterocycles. The third-order valence-electron chi connectivity index (χ3n) is 2.41. The number of morpholine rings is 1.